The molecule has 15 heavy (non-hydrogen) atoms. The lowest BCUT2D eigenvalue weighted by atomic mass is 10.2. The molecule has 0 saturated carbocycles. The number of hydrogen-bond donors (Lipinski definition) is 2. The van der Waals surface area contributed by atoms with Crippen LogP contribution in [0.25, 0.3) is 0 Å². The molecule has 0 aliphatic rings. The fourth-order valence-electron chi connectivity index (χ4n) is 1.04. The Bertz CT molecular complexity index is 219. The van der Waals surface area contributed by atoms with Gasteiger partial charge in [0.15, 0.2) is 0 Å². The summed E-state index contributed by atoms with van der Waals surface area (Å²) in [6, 6.07) is -1.13. The van der Waals surface area contributed by atoms with E-state index in [0.29, 0.717) is 6.54 Å². The molecule has 0 aromatic heterocycles. The molecule has 5 nitrogen and oxygen atoms in total. The smallest absolute Gasteiger partial charge is 0.326 e. The second-order valence-electron chi connectivity index (χ2n) is 3.56. The van der Waals surface area contributed by atoms with Crippen LogP contribution in [-0.2, 0) is 4.79 Å². The number of carbonyl (C=O) groups excluding carboxylic acids is 1. The third-order valence-corrected chi connectivity index (χ3v) is 2.32. The van der Waals surface area contributed by atoms with Crippen LogP contribution in [0.4, 0.5) is 4.79 Å². The third kappa shape index (κ3) is 5.24. The van der Waals surface area contributed by atoms with Crippen molar-refractivity contribution in [2.45, 2.75) is 39.2 Å². The van der Waals surface area contributed by atoms with E-state index in [4.69, 9.17) is 5.11 Å². The summed E-state index contributed by atoms with van der Waals surface area (Å²) in [6.07, 6.45) is 3.09. The molecule has 2 N–H and O–H groups in total. The minimum Gasteiger partial charge on any atom is -0.480 e. The van der Waals surface area contributed by atoms with Crippen molar-refractivity contribution in [1.29, 1.82) is 0 Å². The largest absolute Gasteiger partial charge is 0.480 e. The van der Waals surface area contributed by atoms with Crippen LogP contribution in [0.15, 0.2) is 0 Å². The van der Waals surface area contributed by atoms with Crippen LogP contribution in [-0.4, -0.2) is 41.6 Å². The van der Waals surface area contributed by atoms with Gasteiger partial charge in [0.2, 0.25) is 0 Å². The highest BCUT2D eigenvalue weighted by atomic mass is 16.4. The molecule has 0 aromatic carbocycles. The monoisotopic (exact) mass is 216 g/mol. The molecule has 0 saturated heterocycles. The third-order valence-electron chi connectivity index (χ3n) is 2.32. The number of carbonyl (C=O) groups is 2. The lowest BCUT2D eigenvalue weighted by Crippen LogP contribution is -2.45. The Morgan fingerprint density at radius 1 is 1.40 bits per heavy atom. The van der Waals surface area contributed by atoms with Gasteiger partial charge in [-0.25, -0.2) is 9.59 Å². The number of nitrogens with one attached hydrogen (secondary N) is 1. The molecule has 88 valence electrons. The Balaban J connectivity index is 3.84. The molecule has 1 atom stereocenters. The van der Waals surface area contributed by atoms with Gasteiger partial charge in [0.1, 0.15) is 6.04 Å². The summed E-state index contributed by atoms with van der Waals surface area (Å²) in [5.74, 6) is -0.999. The molecule has 0 fully saturated rings. The minimum atomic E-state index is -0.999. The van der Waals surface area contributed by atoms with Crippen LogP contribution in [0.2, 0.25) is 0 Å². The first-order valence-electron chi connectivity index (χ1n) is 5.24. The van der Waals surface area contributed by atoms with Crippen LogP contribution >= 0.6 is 0 Å². The van der Waals surface area contributed by atoms with Crippen molar-refractivity contribution in [2.24, 2.45) is 0 Å². The predicted octanol–water partition coefficient (Wildman–Crippen LogP) is 1.29. The van der Waals surface area contributed by atoms with E-state index in [1.807, 2.05) is 0 Å². The Morgan fingerprint density at radius 2 is 2.00 bits per heavy atom. The van der Waals surface area contributed by atoms with Crippen molar-refractivity contribution in [3.05, 3.63) is 0 Å². The van der Waals surface area contributed by atoms with Crippen LogP contribution in [0.3, 0.4) is 0 Å². The van der Waals surface area contributed by atoms with Gasteiger partial charge in [-0.15, -0.1) is 0 Å². The predicted molar refractivity (Wildman–Crippen MR) is 57.8 cm³/mol. The van der Waals surface area contributed by atoms with Crippen LogP contribution < -0.4 is 5.32 Å². The molecule has 0 heterocycles. The maximum atomic E-state index is 11.4. The molecule has 2 amide bonds. The zero-order valence-corrected chi connectivity index (χ0v) is 9.62. The molecule has 0 bridgehead atoms. The highest BCUT2D eigenvalue weighted by Gasteiger charge is 2.20. The standard InChI is InChI=1S/C10H20N2O3/c1-4-5-6-7-11-10(15)12(3)8(2)9(13)14/h8H,4-7H2,1-3H3,(H,11,15)(H,13,14). The molecule has 0 rings (SSSR count). The van der Waals surface area contributed by atoms with Crippen molar-refractivity contribution < 1.29 is 14.7 Å². The second kappa shape index (κ2) is 7.09. The van der Waals surface area contributed by atoms with Gasteiger partial charge >= 0.3 is 12.0 Å². The zero-order chi connectivity index (χ0) is 11.8. The maximum absolute atomic E-state index is 11.4. The quantitative estimate of drug-likeness (QED) is 0.657. The SMILES string of the molecule is CCCCCNC(=O)N(C)C(C)C(=O)O. The molecule has 0 aliphatic heterocycles. The fourth-order valence-corrected chi connectivity index (χ4v) is 1.04. The van der Waals surface area contributed by atoms with E-state index < -0.39 is 12.0 Å². The van der Waals surface area contributed by atoms with Gasteiger partial charge in [0.05, 0.1) is 0 Å². The second-order valence-corrected chi connectivity index (χ2v) is 3.56. The summed E-state index contributed by atoms with van der Waals surface area (Å²) >= 11 is 0. The van der Waals surface area contributed by atoms with Crippen molar-refractivity contribution in [2.75, 3.05) is 13.6 Å². The molecule has 0 aliphatic carbocycles. The van der Waals surface area contributed by atoms with Gasteiger partial charge < -0.3 is 15.3 Å². The van der Waals surface area contributed by atoms with E-state index in [1.54, 1.807) is 0 Å². The van der Waals surface area contributed by atoms with Crippen LogP contribution in [0.5, 0.6) is 0 Å². The van der Waals surface area contributed by atoms with E-state index >= 15 is 0 Å². The van der Waals surface area contributed by atoms with Crippen molar-refractivity contribution >= 4 is 12.0 Å². The Hall–Kier alpha value is -1.26. The maximum Gasteiger partial charge on any atom is 0.326 e. The number of nitrogens with zero attached hydrogens (tertiary/aromatic N) is 1. The molecule has 0 radical (unpaired) electrons. The van der Waals surface area contributed by atoms with Crippen LogP contribution in [0, 0.1) is 0 Å². The molecule has 1 unspecified atom stereocenters. The average Bonchev–Trinajstić information content (AvgIpc) is 2.21. The average molecular weight is 216 g/mol. The topological polar surface area (TPSA) is 69.6 Å². The van der Waals surface area contributed by atoms with Gasteiger partial charge in [0, 0.05) is 13.6 Å². The van der Waals surface area contributed by atoms with Gasteiger partial charge in [-0.1, -0.05) is 19.8 Å². The zero-order valence-electron chi connectivity index (χ0n) is 9.62. The highest BCUT2D eigenvalue weighted by molar-refractivity contribution is 5.82. The minimum absolute atomic E-state index is 0.332. The number of amides is 2. The van der Waals surface area contributed by atoms with E-state index in [-0.39, 0.29) is 6.03 Å². The van der Waals surface area contributed by atoms with Crippen molar-refractivity contribution in [3.63, 3.8) is 0 Å². The number of rotatable bonds is 6. The van der Waals surface area contributed by atoms with Crippen molar-refractivity contribution in [1.82, 2.24) is 10.2 Å². The Morgan fingerprint density at radius 3 is 2.47 bits per heavy atom. The van der Waals surface area contributed by atoms with Gasteiger partial charge in [-0.2, -0.15) is 0 Å². The molecule has 5 heteroatoms. The van der Waals surface area contributed by atoms with E-state index in [9.17, 15) is 9.59 Å². The number of carboxylic acid groups (broad SMARTS) is 1. The molecular weight excluding hydrogens is 196 g/mol. The summed E-state index contributed by atoms with van der Waals surface area (Å²) in [5, 5.41) is 11.4. The Labute approximate surface area is 90.5 Å². The van der Waals surface area contributed by atoms with E-state index in [0.717, 1.165) is 19.3 Å². The van der Waals surface area contributed by atoms with Gasteiger partial charge in [0.25, 0.3) is 0 Å². The van der Waals surface area contributed by atoms with E-state index in [1.165, 1.54) is 18.9 Å². The number of aliphatic carboxylic acids is 1. The molecular formula is C10H20N2O3. The highest BCUT2D eigenvalue weighted by Crippen LogP contribution is 1.97. The van der Waals surface area contributed by atoms with Crippen LogP contribution in [0.1, 0.15) is 33.1 Å². The molecule has 0 spiro atoms. The summed E-state index contributed by atoms with van der Waals surface area (Å²) in [7, 11) is 1.48. The van der Waals surface area contributed by atoms with Crippen molar-refractivity contribution in [3.8, 4) is 0 Å². The normalized spacial score (nSPS) is 11.9. The summed E-state index contributed by atoms with van der Waals surface area (Å²) in [4.78, 5) is 23.2. The fraction of sp³-hybridized carbons (Fsp3) is 0.800. The number of urea groups is 1. The van der Waals surface area contributed by atoms with Gasteiger partial charge in [-0.3, -0.25) is 0 Å². The lowest BCUT2D eigenvalue weighted by molar-refractivity contribution is -0.141. The Kier molecular flexibility index (Phi) is 6.49. The number of carboxylic acids is 1. The molecule has 0 aromatic rings. The van der Waals surface area contributed by atoms with E-state index in [2.05, 4.69) is 12.2 Å². The van der Waals surface area contributed by atoms with Gasteiger partial charge in [-0.05, 0) is 13.3 Å². The number of hydrogen-bond acceptors (Lipinski definition) is 2. The summed E-state index contributed by atoms with van der Waals surface area (Å²) in [6.45, 7) is 4.16. The first kappa shape index (κ1) is 13.7. The number of likely N-dealkylation sites (N-methyl/N-ethyl adjacent to an activating group) is 1. The number of unbranched alkanes of at least 4 members (excludes halogenated alkanes) is 2. The summed E-state index contributed by atoms with van der Waals surface area (Å²) in [5.41, 5.74) is 0. The first-order valence-corrected chi connectivity index (χ1v) is 5.24. The lowest BCUT2D eigenvalue weighted by Gasteiger charge is -2.21. The first-order chi connectivity index (χ1) is 7.00. The summed E-state index contributed by atoms with van der Waals surface area (Å²) < 4.78 is 0.